The van der Waals surface area contributed by atoms with Crippen LogP contribution in [0.2, 0.25) is 0 Å². The summed E-state index contributed by atoms with van der Waals surface area (Å²) in [5.74, 6) is 1.75. The van der Waals surface area contributed by atoms with Crippen molar-refractivity contribution in [2.45, 2.75) is 22.7 Å². The second-order valence-electron chi connectivity index (χ2n) is 6.04. The van der Waals surface area contributed by atoms with Gasteiger partial charge < -0.3 is 9.30 Å². The lowest BCUT2D eigenvalue weighted by Gasteiger charge is -2.07. The first-order valence-electron chi connectivity index (χ1n) is 8.44. The first-order chi connectivity index (χ1) is 13.0. The highest BCUT2D eigenvalue weighted by Crippen LogP contribution is 2.20. The molecule has 0 bridgehead atoms. The van der Waals surface area contributed by atoms with Gasteiger partial charge in [-0.25, -0.2) is 8.42 Å². The molecule has 1 aromatic heterocycles. The second kappa shape index (κ2) is 8.58. The van der Waals surface area contributed by atoms with Gasteiger partial charge in [-0.1, -0.05) is 47.7 Å². The number of hydrogen-bond donors (Lipinski definition) is 0. The van der Waals surface area contributed by atoms with E-state index >= 15 is 0 Å². The largest absolute Gasteiger partial charge is 0.493 e. The Morgan fingerprint density at radius 3 is 2.44 bits per heavy atom. The molecule has 0 unspecified atom stereocenters. The molecule has 0 aliphatic carbocycles. The predicted molar refractivity (Wildman–Crippen MR) is 106 cm³/mol. The fourth-order valence-corrected chi connectivity index (χ4v) is 4.46. The van der Waals surface area contributed by atoms with E-state index in [9.17, 15) is 8.42 Å². The van der Waals surface area contributed by atoms with Crippen LogP contribution in [0, 0.1) is 6.92 Å². The fourth-order valence-electron chi connectivity index (χ4n) is 2.40. The summed E-state index contributed by atoms with van der Waals surface area (Å²) in [6.45, 7) is 2.45. The van der Waals surface area contributed by atoms with Gasteiger partial charge in [-0.2, -0.15) is 0 Å². The molecular formula is C19H21N3O3S2. The van der Waals surface area contributed by atoms with Crippen LogP contribution in [0.25, 0.3) is 0 Å². The van der Waals surface area contributed by atoms with Crippen molar-refractivity contribution in [2.75, 3.05) is 12.4 Å². The van der Waals surface area contributed by atoms with Gasteiger partial charge in [0.05, 0.1) is 11.5 Å². The van der Waals surface area contributed by atoms with Gasteiger partial charge in [-0.05, 0) is 31.2 Å². The molecule has 0 N–H and O–H groups in total. The summed E-state index contributed by atoms with van der Waals surface area (Å²) in [6, 6.07) is 16.4. The Morgan fingerprint density at radius 2 is 1.74 bits per heavy atom. The quantitative estimate of drug-likeness (QED) is 0.424. The normalized spacial score (nSPS) is 11.5. The summed E-state index contributed by atoms with van der Waals surface area (Å²) < 4.78 is 32.5. The summed E-state index contributed by atoms with van der Waals surface area (Å²) in [6.07, 6.45) is 0. The molecule has 0 fully saturated rings. The van der Waals surface area contributed by atoms with Gasteiger partial charge in [-0.15, -0.1) is 10.2 Å². The maximum Gasteiger partial charge on any atom is 0.191 e. The Morgan fingerprint density at radius 1 is 1.04 bits per heavy atom. The minimum Gasteiger partial charge on any atom is -0.493 e. The van der Waals surface area contributed by atoms with E-state index in [4.69, 9.17) is 4.74 Å². The van der Waals surface area contributed by atoms with Gasteiger partial charge >= 0.3 is 0 Å². The van der Waals surface area contributed by atoms with Gasteiger partial charge in [0.2, 0.25) is 0 Å². The fraction of sp³-hybridized carbons (Fsp3) is 0.263. The number of thioether (sulfide) groups is 1. The molecule has 8 heteroatoms. The van der Waals surface area contributed by atoms with E-state index in [0.29, 0.717) is 28.2 Å². The van der Waals surface area contributed by atoms with Crippen LogP contribution in [0.4, 0.5) is 0 Å². The minimum atomic E-state index is -3.46. The number of aromatic nitrogens is 3. The maximum absolute atomic E-state index is 12.6. The topological polar surface area (TPSA) is 74.1 Å². The SMILES string of the molecule is Cc1ccc(S(=O)(=O)Cc2nnc(SCCOc3ccccc3)n2C)cc1. The summed E-state index contributed by atoms with van der Waals surface area (Å²) in [7, 11) is -1.68. The zero-order chi connectivity index (χ0) is 19.3. The average molecular weight is 404 g/mol. The Bertz CT molecular complexity index is 985. The predicted octanol–water partition coefficient (Wildman–Crippen LogP) is 3.27. The molecule has 0 aliphatic rings. The lowest BCUT2D eigenvalue weighted by Crippen LogP contribution is -2.10. The molecule has 0 aliphatic heterocycles. The first kappa shape index (κ1) is 19.4. The Kier molecular flexibility index (Phi) is 6.18. The third-order valence-corrected chi connectivity index (χ3v) is 6.56. The molecule has 0 saturated carbocycles. The number of rotatable bonds is 8. The van der Waals surface area contributed by atoms with Crippen molar-refractivity contribution in [3.8, 4) is 5.75 Å². The highest BCUT2D eigenvalue weighted by Gasteiger charge is 2.20. The summed E-state index contributed by atoms with van der Waals surface area (Å²) >= 11 is 1.48. The number of ether oxygens (including phenoxy) is 1. The minimum absolute atomic E-state index is 0.180. The smallest absolute Gasteiger partial charge is 0.191 e. The summed E-state index contributed by atoms with van der Waals surface area (Å²) in [5.41, 5.74) is 1.02. The molecule has 1 heterocycles. The van der Waals surface area contributed by atoms with Crippen LogP contribution in [0.15, 0.2) is 64.6 Å². The van der Waals surface area contributed by atoms with Crippen LogP contribution < -0.4 is 4.74 Å². The zero-order valence-corrected chi connectivity index (χ0v) is 16.8. The van der Waals surface area contributed by atoms with Crippen LogP contribution in [-0.2, 0) is 22.6 Å². The molecule has 142 valence electrons. The van der Waals surface area contributed by atoms with E-state index in [2.05, 4.69) is 10.2 Å². The Hall–Kier alpha value is -2.32. The molecule has 0 saturated heterocycles. The molecule has 0 radical (unpaired) electrons. The van der Waals surface area contributed by atoms with Crippen LogP contribution >= 0.6 is 11.8 Å². The third-order valence-electron chi connectivity index (χ3n) is 3.95. The van der Waals surface area contributed by atoms with Crippen molar-refractivity contribution in [3.05, 3.63) is 66.0 Å². The highest BCUT2D eigenvalue weighted by molar-refractivity contribution is 7.99. The van der Waals surface area contributed by atoms with Crippen molar-refractivity contribution in [3.63, 3.8) is 0 Å². The van der Waals surface area contributed by atoms with E-state index in [1.54, 1.807) is 35.9 Å². The van der Waals surface area contributed by atoms with Gasteiger partial charge in [-0.3, -0.25) is 0 Å². The Labute approximate surface area is 163 Å². The Balaban J connectivity index is 1.59. The van der Waals surface area contributed by atoms with E-state index in [1.165, 1.54) is 11.8 Å². The molecule has 0 amide bonds. The van der Waals surface area contributed by atoms with Crippen molar-refractivity contribution in [2.24, 2.45) is 7.05 Å². The maximum atomic E-state index is 12.6. The van der Waals surface area contributed by atoms with E-state index in [0.717, 1.165) is 11.3 Å². The molecule has 0 spiro atoms. The molecule has 6 nitrogen and oxygen atoms in total. The number of hydrogen-bond acceptors (Lipinski definition) is 6. The van der Waals surface area contributed by atoms with Gasteiger partial charge in [0.1, 0.15) is 17.3 Å². The molecule has 3 aromatic rings. The van der Waals surface area contributed by atoms with Crippen molar-refractivity contribution >= 4 is 21.6 Å². The molecule has 27 heavy (non-hydrogen) atoms. The second-order valence-corrected chi connectivity index (χ2v) is 9.09. The summed E-state index contributed by atoms with van der Waals surface area (Å²) in [5, 5.41) is 8.83. The number of sulfone groups is 1. The zero-order valence-electron chi connectivity index (χ0n) is 15.2. The third kappa shape index (κ3) is 5.11. The van der Waals surface area contributed by atoms with Crippen LogP contribution in [0.1, 0.15) is 11.4 Å². The monoisotopic (exact) mass is 403 g/mol. The summed E-state index contributed by atoms with van der Waals surface area (Å²) in [4.78, 5) is 0.293. The molecular weight excluding hydrogens is 382 g/mol. The number of para-hydroxylation sites is 1. The van der Waals surface area contributed by atoms with Crippen LogP contribution in [-0.4, -0.2) is 35.5 Å². The van der Waals surface area contributed by atoms with Gasteiger partial charge in [0.25, 0.3) is 0 Å². The molecule has 3 rings (SSSR count). The number of benzene rings is 2. The van der Waals surface area contributed by atoms with Crippen molar-refractivity contribution < 1.29 is 13.2 Å². The van der Waals surface area contributed by atoms with Crippen molar-refractivity contribution in [1.82, 2.24) is 14.8 Å². The van der Waals surface area contributed by atoms with Crippen molar-refractivity contribution in [1.29, 1.82) is 0 Å². The van der Waals surface area contributed by atoms with Crippen LogP contribution in [0.3, 0.4) is 0 Å². The standard InChI is InChI=1S/C19H21N3O3S2/c1-15-8-10-17(11-9-15)27(23,24)14-18-20-21-19(22(18)2)26-13-12-25-16-6-4-3-5-7-16/h3-11H,12-14H2,1-2H3. The highest BCUT2D eigenvalue weighted by atomic mass is 32.2. The molecule has 0 atom stereocenters. The number of aryl methyl sites for hydroxylation is 1. The first-order valence-corrected chi connectivity index (χ1v) is 11.1. The number of nitrogens with zero attached hydrogens (tertiary/aromatic N) is 3. The van der Waals surface area contributed by atoms with E-state index in [-0.39, 0.29) is 5.75 Å². The lowest BCUT2D eigenvalue weighted by molar-refractivity contribution is 0.344. The van der Waals surface area contributed by atoms with E-state index < -0.39 is 9.84 Å². The van der Waals surface area contributed by atoms with Gasteiger partial charge in [0.15, 0.2) is 15.0 Å². The lowest BCUT2D eigenvalue weighted by atomic mass is 10.2. The van der Waals surface area contributed by atoms with Gasteiger partial charge in [0, 0.05) is 12.8 Å². The average Bonchev–Trinajstić information content (AvgIpc) is 2.99. The van der Waals surface area contributed by atoms with Crippen LogP contribution in [0.5, 0.6) is 5.75 Å². The molecule has 2 aromatic carbocycles. The van der Waals surface area contributed by atoms with E-state index in [1.807, 2.05) is 37.3 Å².